The summed E-state index contributed by atoms with van der Waals surface area (Å²) in [7, 11) is 0. The maximum absolute atomic E-state index is 13.9. The molecule has 1 heterocycles. The van der Waals surface area contributed by atoms with Crippen LogP contribution in [0, 0.1) is 18.6 Å². The number of carbonyl (C=O) groups is 2. The Kier molecular flexibility index (Phi) is 5.75. The van der Waals surface area contributed by atoms with E-state index in [0.29, 0.717) is 5.56 Å². The largest absolute Gasteiger partial charge is 0.507 e. The summed E-state index contributed by atoms with van der Waals surface area (Å²) in [4.78, 5) is 27.1. The Morgan fingerprint density at radius 3 is 2.38 bits per heavy atom. The third-order valence-electron chi connectivity index (χ3n) is 5.22. The lowest BCUT2D eigenvalue weighted by atomic mass is 9.94. The van der Waals surface area contributed by atoms with Gasteiger partial charge in [-0.15, -0.1) is 0 Å². The molecule has 1 N–H and O–H groups in total. The van der Waals surface area contributed by atoms with Crippen LogP contribution >= 0.6 is 23.2 Å². The normalized spacial score (nSPS) is 17.8. The number of amides is 1. The number of aliphatic hydroxyl groups is 1. The quantitative estimate of drug-likeness (QED) is 0.279. The van der Waals surface area contributed by atoms with E-state index in [1.807, 2.05) is 0 Å². The van der Waals surface area contributed by atoms with Crippen LogP contribution in [0.2, 0.25) is 10.0 Å². The molecule has 1 fully saturated rings. The van der Waals surface area contributed by atoms with Crippen LogP contribution in [-0.4, -0.2) is 16.8 Å². The van der Waals surface area contributed by atoms with Crippen molar-refractivity contribution in [3.05, 3.63) is 105 Å². The van der Waals surface area contributed by atoms with Gasteiger partial charge in [-0.05, 0) is 66.6 Å². The van der Waals surface area contributed by atoms with E-state index in [9.17, 15) is 23.5 Å². The van der Waals surface area contributed by atoms with E-state index in [2.05, 4.69) is 0 Å². The number of ketones is 1. The third-order valence-corrected chi connectivity index (χ3v) is 5.96. The minimum absolute atomic E-state index is 0.123. The number of halogens is 4. The van der Waals surface area contributed by atoms with Crippen LogP contribution < -0.4 is 4.90 Å². The zero-order valence-electron chi connectivity index (χ0n) is 16.6. The van der Waals surface area contributed by atoms with Gasteiger partial charge in [0, 0.05) is 11.3 Å². The summed E-state index contributed by atoms with van der Waals surface area (Å²) in [6.45, 7) is 1.51. The molecular weight excluding hydrogens is 459 g/mol. The molecule has 1 saturated heterocycles. The molecule has 32 heavy (non-hydrogen) atoms. The number of anilines is 1. The van der Waals surface area contributed by atoms with Crippen molar-refractivity contribution in [1.29, 1.82) is 0 Å². The lowest BCUT2D eigenvalue weighted by molar-refractivity contribution is -0.132. The summed E-state index contributed by atoms with van der Waals surface area (Å²) in [5.74, 6) is -3.49. The van der Waals surface area contributed by atoms with Crippen molar-refractivity contribution in [2.75, 3.05) is 4.90 Å². The minimum atomic E-state index is -1.11. The second-order valence-corrected chi connectivity index (χ2v) is 8.10. The number of aryl methyl sites for hydroxylation is 1. The van der Waals surface area contributed by atoms with Crippen LogP contribution in [-0.2, 0) is 9.59 Å². The first-order chi connectivity index (χ1) is 15.2. The molecule has 0 aromatic heterocycles. The molecule has 4 nitrogen and oxygen atoms in total. The van der Waals surface area contributed by atoms with E-state index in [0.717, 1.165) is 17.0 Å². The fourth-order valence-electron chi connectivity index (χ4n) is 3.67. The van der Waals surface area contributed by atoms with Gasteiger partial charge in [0.2, 0.25) is 0 Å². The van der Waals surface area contributed by atoms with Gasteiger partial charge in [-0.3, -0.25) is 14.5 Å². The Balaban J connectivity index is 1.98. The van der Waals surface area contributed by atoms with E-state index in [1.54, 1.807) is 6.07 Å². The number of nitrogens with zero attached hydrogens (tertiary/aromatic N) is 1. The van der Waals surface area contributed by atoms with Crippen molar-refractivity contribution in [2.24, 2.45) is 0 Å². The lowest BCUT2D eigenvalue weighted by Gasteiger charge is -2.25. The van der Waals surface area contributed by atoms with Gasteiger partial charge in [0.15, 0.2) is 0 Å². The number of rotatable bonds is 3. The molecule has 1 atom stereocenters. The van der Waals surface area contributed by atoms with E-state index in [4.69, 9.17) is 23.2 Å². The molecule has 1 amide bonds. The molecular formula is C24H15Cl2F2NO3. The van der Waals surface area contributed by atoms with Crippen molar-refractivity contribution in [2.45, 2.75) is 13.0 Å². The molecule has 0 radical (unpaired) electrons. The number of Topliss-reactive ketones (excluding diaryl/α,β-unsaturated/α-hetero) is 1. The number of carbonyl (C=O) groups excluding carboxylic acids is 2. The lowest BCUT2D eigenvalue weighted by Crippen LogP contribution is -2.29. The first kappa shape index (κ1) is 22.0. The van der Waals surface area contributed by atoms with Gasteiger partial charge in [-0.1, -0.05) is 35.3 Å². The highest BCUT2D eigenvalue weighted by Crippen LogP contribution is 2.43. The molecule has 1 aliphatic heterocycles. The van der Waals surface area contributed by atoms with Crippen LogP contribution in [0.25, 0.3) is 5.76 Å². The highest BCUT2D eigenvalue weighted by Gasteiger charge is 2.47. The fraction of sp³-hybridized carbons (Fsp3) is 0.0833. The molecule has 0 bridgehead atoms. The third kappa shape index (κ3) is 3.76. The van der Waals surface area contributed by atoms with Gasteiger partial charge in [0.1, 0.15) is 17.4 Å². The molecule has 0 saturated carbocycles. The van der Waals surface area contributed by atoms with E-state index >= 15 is 0 Å². The van der Waals surface area contributed by atoms with E-state index in [-0.39, 0.29) is 32.4 Å². The van der Waals surface area contributed by atoms with E-state index < -0.39 is 35.1 Å². The molecule has 3 aromatic carbocycles. The number of hydrogen-bond donors (Lipinski definition) is 1. The predicted octanol–water partition coefficient (Wildman–Crippen LogP) is 6.21. The van der Waals surface area contributed by atoms with Crippen LogP contribution in [0.3, 0.4) is 0 Å². The Morgan fingerprint density at radius 2 is 1.72 bits per heavy atom. The topological polar surface area (TPSA) is 57.6 Å². The number of benzene rings is 3. The number of hydrogen-bond acceptors (Lipinski definition) is 3. The molecule has 162 valence electrons. The molecule has 0 aliphatic carbocycles. The Morgan fingerprint density at radius 1 is 0.969 bits per heavy atom. The second kappa shape index (κ2) is 8.37. The number of aliphatic hydroxyl groups excluding tert-OH is 1. The molecule has 0 spiro atoms. The van der Waals surface area contributed by atoms with Gasteiger partial charge < -0.3 is 5.11 Å². The second-order valence-electron chi connectivity index (χ2n) is 7.29. The first-order valence-electron chi connectivity index (χ1n) is 9.47. The minimum Gasteiger partial charge on any atom is -0.507 e. The standard InChI is InChI=1S/C24H15Cl2F2NO3/c1-12-9-14(6-8-19(12)28)22(30)20-21(13-5-7-17(25)18(26)10-13)29(24(32)23(20)31)16-4-2-3-15(27)11-16/h2-11,21,30H,1H3/b22-20-. The maximum atomic E-state index is 13.9. The van der Waals surface area contributed by atoms with Gasteiger partial charge >= 0.3 is 0 Å². The monoisotopic (exact) mass is 473 g/mol. The van der Waals surface area contributed by atoms with Crippen molar-refractivity contribution < 1.29 is 23.5 Å². The Hall–Kier alpha value is -3.22. The predicted molar refractivity (Wildman–Crippen MR) is 119 cm³/mol. The average Bonchev–Trinajstić information content (AvgIpc) is 3.02. The summed E-state index contributed by atoms with van der Waals surface area (Å²) < 4.78 is 27.7. The van der Waals surface area contributed by atoms with Crippen LogP contribution in [0.5, 0.6) is 0 Å². The first-order valence-corrected chi connectivity index (χ1v) is 10.2. The van der Waals surface area contributed by atoms with Gasteiger partial charge in [0.05, 0.1) is 21.7 Å². The molecule has 8 heteroatoms. The van der Waals surface area contributed by atoms with E-state index in [1.165, 1.54) is 49.4 Å². The van der Waals surface area contributed by atoms with Gasteiger partial charge in [-0.25, -0.2) is 8.78 Å². The maximum Gasteiger partial charge on any atom is 0.300 e. The van der Waals surface area contributed by atoms with Crippen molar-refractivity contribution in [1.82, 2.24) is 0 Å². The Bertz CT molecular complexity index is 1310. The molecule has 1 unspecified atom stereocenters. The van der Waals surface area contributed by atoms with Crippen molar-refractivity contribution in [3.63, 3.8) is 0 Å². The Labute approximate surface area is 192 Å². The fourth-order valence-corrected chi connectivity index (χ4v) is 3.98. The summed E-state index contributed by atoms with van der Waals surface area (Å²) in [6.07, 6.45) is 0. The van der Waals surface area contributed by atoms with Crippen molar-refractivity contribution in [3.8, 4) is 0 Å². The van der Waals surface area contributed by atoms with Crippen molar-refractivity contribution >= 4 is 46.3 Å². The summed E-state index contributed by atoms with van der Waals surface area (Å²) in [5.41, 5.74) is 0.676. The van der Waals surface area contributed by atoms with Gasteiger partial charge in [-0.2, -0.15) is 0 Å². The molecule has 1 aliphatic rings. The average molecular weight is 474 g/mol. The summed E-state index contributed by atoms with van der Waals surface area (Å²) in [5, 5.41) is 11.5. The zero-order chi connectivity index (χ0) is 23.2. The van der Waals surface area contributed by atoms with Crippen LogP contribution in [0.4, 0.5) is 14.5 Å². The summed E-state index contributed by atoms with van der Waals surface area (Å²) in [6, 6.07) is 12.4. The van der Waals surface area contributed by atoms with Crippen LogP contribution in [0.15, 0.2) is 66.2 Å². The molecule has 4 rings (SSSR count). The highest BCUT2D eigenvalue weighted by molar-refractivity contribution is 6.51. The zero-order valence-corrected chi connectivity index (χ0v) is 18.1. The highest BCUT2D eigenvalue weighted by atomic mass is 35.5. The van der Waals surface area contributed by atoms with Gasteiger partial charge in [0.25, 0.3) is 11.7 Å². The summed E-state index contributed by atoms with van der Waals surface area (Å²) >= 11 is 12.2. The SMILES string of the molecule is Cc1cc(/C(O)=C2/C(=O)C(=O)N(c3cccc(F)c3)C2c2ccc(Cl)c(Cl)c2)ccc1F. The van der Waals surface area contributed by atoms with Crippen LogP contribution in [0.1, 0.15) is 22.7 Å². The molecule has 3 aromatic rings. The smallest absolute Gasteiger partial charge is 0.300 e.